The monoisotopic (exact) mass is 347 g/mol. The van der Waals surface area contributed by atoms with Gasteiger partial charge in [0, 0.05) is 25.3 Å². The number of hydrogen-bond acceptors (Lipinski definition) is 3. The number of carbonyl (C=O) groups is 1. The van der Waals surface area contributed by atoms with Crippen molar-refractivity contribution in [2.24, 2.45) is 0 Å². The molecule has 0 spiro atoms. The molecule has 126 valence electrons. The molecule has 25 heavy (non-hydrogen) atoms. The Labute approximate surface area is 171 Å². The van der Waals surface area contributed by atoms with Crippen LogP contribution in [0.4, 0.5) is 5.69 Å². The van der Waals surface area contributed by atoms with Crippen molar-refractivity contribution >= 4 is 11.7 Å². The molecule has 1 saturated heterocycles. The van der Waals surface area contributed by atoms with Gasteiger partial charge < -0.3 is 15.3 Å². The molecule has 2 aromatic rings. The van der Waals surface area contributed by atoms with Gasteiger partial charge in [0.15, 0.2) is 0 Å². The van der Waals surface area contributed by atoms with Crippen molar-refractivity contribution in [3.8, 4) is 0 Å². The fraction of sp³-hybridized carbons (Fsp3) is 0.350. The van der Waals surface area contributed by atoms with Gasteiger partial charge in [0.2, 0.25) is 0 Å². The molecule has 3 rings (SSSR count). The van der Waals surface area contributed by atoms with E-state index < -0.39 is 11.5 Å². The van der Waals surface area contributed by atoms with Gasteiger partial charge in [-0.3, -0.25) is 0 Å². The van der Waals surface area contributed by atoms with E-state index in [1.807, 2.05) is 36.4 Å². The Hall–Kier alpha value is -1.33. The van der Waals surface area contributed by atoms with Gasteiger partial charge >= 0.3 is 35.5 Å². The molecule has 2 N–H and O–H groups in total. The topological polar surface area (TPSA) is 52.6 Å². The molecule has 0 unspecified atom stereocenters. The van der Waals surface area contributed by atoms with Crippen LogP contribution in [0.25, 0.3) is 0 Å². The largest absolute Gasteiger partial charge is 1.00 e. The van der Waals surface area contributed by atoms with Crippen molar-refractivity contribution in [1.29, 1.82) is 0 Å². The van der Waals surface area contributed by atoms with Crippen LogP contribution in [0.3, 0.4) is 0 Å². The molecule has 5 heteroatoms. The zero-order chi connectivity index (χ0) is 16.8. The van der Waals surface area contributed by atoms with E-state index in [0.29, 0.717) is 12.8 Å². The van der Waals surface area contributed by atoms with Gasteiger partial charge in [0.1, 0.15) is 5.54 Å². The average molecular weight is 347 g/mol. The summed E-state index contributed by atoms with van der Waals surface area (Å²) < 4.78 is 0. The van der Waals surface area contributed by atoms with Crippen molar-refractivity contribution in [2.45, 2.75) is 24.8 Å². The third-order valence-electron chi connectivity index (χ3n) is 4.84. The maximum atomic E-state index is 11.9. The summed E-state index contributed by atoms with van der Waals surface area (Å²) in [7, 11) is 0. The number of aliphatic carboxylic acids is 1. The maximum Gasteiger partial charge on any atom is 1.00 e. The fourth-order valence-electron chi connectivity index (χ4n) is 3.28. The minimum Gasteiger partial charge on any atom is -0.480 e. The zero-order valence-electron chi connectivity index (χ0n) is 14.8. The van der Waals surface area contributed by atoms with Crippen LogP contribution in [-0.2, 0) is 11.2 Å². The standard InChI is InChI=1S/C20H24N2O2.Na/c23-19(24)20(21-18-9-5-2-6-10-18)12-15-22(16-13-20)14-11-17-7-3-1-4-8-17;/h1-10,21H,11-16H2,(H,23,24);/q;+1. The quantitative estimate of drug-likeness (QED) is 0.737. The van der Waals surface area contributed by atoms with Crippen LogP contribution in [0.1, 0.15) is 18.4 Å². The number of piperidine rings is 1. The van der Waals surface area contributed by atoms with Crippen LogP contribution in [0.5, 0.6) is 0 Å². The van der Waals surface area contributed by atoms with Crippen molar-refractivity contribution in [3.05, 3.63) is 66.2 Å². The average Bonchev–Trinajstić information content (AvgIpc) is 2.63. The number of para-hydroxylation sites is 1. The molecule has 0 radical (unpaired) electrons. The predicted molar refractivity (Wildman–Crippen MR) is 96.3 cm³/mol. The molecule has 0 aliphatic carbocycles. The summed E-state index contributed by atoms with van der Waals surface area (Å²) in [6, 6.07) is 20.1. The number of benzene rings is 2. The van der Waals surface area contributed by atoms with E-state index in [0.717, 1.165) is 31.7 Å². The normalized spacial score (nSPS) is 16.6. The fourth-order valence-corrected chi connectivity index (χ4v) is 3.28. The van der Waals surface area contributed by atoms with E-state index in [4.69, 9.17) is 0 Å². The van der Waals surface area contributed by atoms with E-state index in [1.54, 1.807) is 0 Å². The van der Waals surface area contributed by atoms with Gasteiger partial charge in [-0.25, -0.2) is 4.79 Å². The van der Waals surface area contributed by atoms with Crippen LogP contribution in [-0.4, -0.2) is 41.1 Å². The summed E-state index contributed by atoms with van der Waals surface area (Å²) in [5, 5.41) is 13.0. The maximum absolute atomic E-state index is 11.9. The molecule has 1 aliphatic rings. The molecule has 0 atom stereocenters. The van der Waals surface area contributed by atoms with Gasteiger partial charge in [-0.15, -0.1) is 0 Å². The summed E-state index contributed by atoms with van der Waals surface area (Å²) in [6.45, 7) is 2.59. The molecule has 0 amide bonds. The molecule has 1 fully saturated rings. The number of nitrogens with one attached hydrogen (secondary N) is 1. The number of rotatable bonds is 6. The Kier molecular flexibility index (Phi) is 7.51. The molecule has 2 aromatic carbocycles. The smallest absolute Gasteiger partial charge is 0.480 e. The van der Waals surface area contributed by atoms with Crippen LogP contribution < -0.4 is 34.9 Å². The van der Waals surface area contributed by atoms with Crippen molar-refractivity contribution < 1.29 is 39.5 Å². The van der Waals surface area contributed by atoms with E-state index in [9.17, 15) is 9.90 Å². The molecule has 0 bridgehead atoms. The van der Waals surface area contributed by atoms with Crippen LogP contribution in [0.2, 0.25) is 0 Å². The summed E-state index contributed by atoms with van der Waals surface area (Å²) in [6.07, 6.45) is 2.24. The second-order valence-corrected chi connectivity index (χ2v) is 6.46. The Morgan fingerprint density at radius 1 is 1.00 bits per heavy atom. The van der Waals surface area contributed by atoms with Gasteiger partial charge in [-0.1, -0.05) is 48.5 Å². The van der Waals surface area contributed by atoms with Crippen molar-refractivity contribution in [2.75, 3.05) is 25.0 Å². The van der Waals surface area contributed by atoms with Gasteiger partial charge in [-0.05, 0) is 37.0 Å². The van der Waals surface area contributed by atoms with Gasteiger partial charge in [0.05, 0.1) is 0 Å². The third-order valence-corrected chi connectivity index (χ3v) is 4.84. The first-order valence-electron chi connectivity index (χ1n) is 8.51. The van der Waals surface area contributed by atoms with E-state index >= 15 is 0 Å². The van der Waals surface area contributed by atoms with E-state index in [2.05, 4.69) is 34.5 Å². The molecule has 1 heterocycles. The Bertz CT molecular complexity index is 656. The van der Waals surface area contributed by atoms with E-state index in [1.165, 1.54) is 5.56 Å². The molecule has 0 saturated carbocycles. The predicted octanol–water partition coefficient (Wildman–Crippen LogP) is 0.264. The van der Waals surface area contributed by atoms with Crippen LogP contribution >= 0.6 is 0 Å². The van der Waals surface area contributed by atoms with Gasteiger partial charge in [-0.2, -0.15) is 0 Å². The van der Waals surface area contributed by atoms with Crippen molar-refractivity contribution in [1.82, 2.24) is 4.90 Å². The molecule has 1 aliphatic heterocycles. The van der Waals surface area contributed by atoms with E-state index in [-0.39, 0.29) is 29.6 Å². The van der Waals surface area contributed by atoms with Crippen LogP contribution in [0, 0.1) is 0 Å². The minimum atomic E-state index is -0.857. The van der Waals surface area contributed by atoms with Crippen LogP contribution in [0.15, 0.2) is 60.7 Å². The third kappa shape index (κ3) is 5.32. The van der Waals surface area contributed by atoms with Crippen molar-refractivity contribution in [3.63, 3.8) is 0 Å². The first-order valence-corrected chi connectivity index (χ1v) is 8.51. The Morgan fingerprint density at radius 3 is 2.12 bits per heavy atom. The summed E-state index contributed by atoms with van der Waals surface area (Å²) in [5.74, 6) is -0.755. The molecule has 0 aromatic heterocycles. The van der Waals surface area contributed by atoms with Gasteiger partial charge in [0.25, 0.3) is 0 Å². The Balaban J connectivity index is 0.00000225. The first-order chi connectivity index (χ1) is 11.7. The second-order valence-electron chi connectivity index (χ2n) is 6.46. The zero-order valence-corrected chi connectivity index (χ0v) is 16.8. The molecular formula is C20H24N2NaO2+. The SMILES string of the molecule is O=C(O)C1(Nc2ccccc2)CCN(CCc2ccccc2)CC1.[Na+]. The number of nitrogens with zero attached hydrogens (tertiary/aromatic N) is 1. The first kappa shape index (κ1) is 20.0. The number of anilines is 1. The number of carboxylic acid groups (broad SMARTS) is 1. The Morgan fingerprint density at radius 2 is 1.56 bits per heavy atom. The molecular weight excluding hydrogens is 323 g/mol. The minimum absolute atomic E-state index is 0. The summed E-state index contributed by atoms with van der Waals surface area (Å²) >= 11 is 0. The molecule has 4 nitrogen and oxygen atoms in total. The number of carboxylic acids is 1. The summed E-state index contributed by atoms with van der Waals surface area (Å²) in [4.78, 5) is 14.2. The summed E-state index contributed by atoms with van der Waals surface area (Å²) in [5.41, 5.74) is 1.34. The second kappa shape index (κ2) is 9.39. The number of likely N-dealkylation sites (tertiary alicyclic amines) is 1. The number of hydrogen-bond donors (Lipinski definition) is 2.